The molecule has 6 nitrogen and oxygen atoms in total. The first-order valence-corrected chi connectivity index (χ1v) is 8.57. The largest absolute Gasteiger partial charge is 0.462 e. The predicted molar refractivity (Wildman–Crippen MR) is 99.3 cm³/mol. The quantitative estimate of drug-likeness (QED) is 0.601. The molecule has 0 radical (unpaired) electrons. The van der Waals surface area contributed by atoms with Crippen LogP contribution in [0.2, 0.25) is 5.02 Å². The molecule has 0 aliphatic rings. The third-order valence-corrected chi connectivity index (χ3v) is 4.13. The number of halogens is 1. The summed E-state index contributed by atoms with van der Waals surface area (Å²) in [5, 5.41) is 4.62. The van der Waals surface area contributed by atoms with Crippen LogP contribution in [0.3, 0.4) is 0 Å². The van der Waals surface area contributed by atoms with Gasteiger partial charge >= 0.3 is 5.97 Å². The number of aryl methyl sites for hydroxylation is 1. The number of benzene rings is 1. The van der Waals surface area contributed by atoms with Crippen LogP contribution in [0.4, 0.5) is 0 Å². The van der Waals surface area contributed by atoms with Crippen molar-refractivity contribution in [2.75, 3.05) is 6.61 Å². The van der Waals surface area contributed by atoms with Crippen LogP contribution in [0.5, 0.6) is 0 Å². The zero-order chi connectivity index (χ0) is 19.6. The highest BCUT2D eigenvalue weighted by atomic mass is 35.5. The minimum atomic E-state index is -0.796. The molecule has 0 amide bonds. The van der Waals surface area contributed by atoms with Crippen molar-refractivity contribution < 1.29 is 14.3 Å². The van der Waals surface area contributed by atoms with Crippen molar-refractivity contribution in [3.63, 3.8) is 0 Å². The molecule has 1 aromatic heterocycles. The monoisotopic (exact) mass is 376 g/mol. The van der Waals surface area contributed by atoms with Gasteiger partial charge in [-0.2, -0.15) is 9.78 Å². The Morgan fingerprint density at radius 3 is 2.42 bits per heavy atom. The molecule has 1 aromatic carbocycles. The number of rotatable bonds is 4. The van der Waals surface area contributed by atoms with E-state index >= 15 is 0 Å². The predicted octanol–water partition coefficient (Wildman–Crippen LogP) is 3.60. The van der Waals surface area contributed by atoms with Gasteiger partial charge in [-0.3, -0.25) is 9.59 Å². The van der Waals surface area contributed by atoms with Crippen molar-refractivity contribution in [1.29, 1.82) is 0 Å². The van der Waals surface area contributed by atoms with Crippen LogP contribution in [-0.2, 0) is 4.74 Å². The summed E-state index contributed by atoms with van der Waals surface area (Å²) in [6, 6.07) is 6.13. The van der Waals surface area contributed by atoms with Gasteiger partial charge in [0.25, 0.3) is 5.56 Å². The van der Waals surface area contributed by atoms with E-state index < -0.39 is 16.9 Å². The Morgan fingerprint density at radius 1 is 1.23 bits per heavy atom. The fourth-order valence-corrected chi connectivity index (χ4v) is 2.41. The lowest BCUT2D eigenvalue weighted by atomic mass is 9.88. The number of carbonyl (C=O) groups excluding carboxylic acids is 2. The Bertz CT molecular complexity index is 926. The lowest BCUT2D eigenvalue weighted by molar-refractivity contribution is 0.0523. The number of carbonyl (C=O) groups is 2. The SMILES string of the molecule is CCOC(=O)c1cc(C(=O)C(C)(C)C)nn(-c2ccc(C)c(Cl)c2)c1=O. The van der Waals surface area contributed by atoms with E-state index in [1.807, 2.05) is 6.92 Å². The van der Waals surface area contributed by atoms with Crippen molar-refractivity contribution in [3.8, 4) is 5.69 Å². The fraction of sp³-hybridized carbons (Fsp3) is 0.368. The fourth-order valence-electron chi connectivity index (χ4n) is 2.23. The second-order valence-corrected chi connectivity index (χ2v) is 7.30. The van der Waals surface area contributed by atoms with Crippen LogP contribution < -0.4 is 5.56 Å². The molecule has 1 heterocycles. The second-order valence-electron chi connectivity index (χ2n) is 6.89. The molecule has 2 rings (SSSR count). The first kappa shape index (κ1) is 19.8. The first-order valence-electron chi connectivity index (χ1n) is 8.19. The van der Waals surface area contributed by atoms with Crippen molar-refractivity contribution in [2.45, 2.75) is 34.6 Å². The van der Waals surface area contributed by atoms with Gasteiger partial charge in [-0.25, -0.2) is 4.79 Å². The van der Waals surface area contributed by atoms with E-state index in [0.29, 0.717) is 10.7 Å². The van der Waals surface area contributed by atoms with Crippen molar-refractivity contribution in [1.82, 2.24) is 9.78 Å². The van der Waals surface area contributed by atoms with Crippen molar-refractivity contribution in [3.05, 3.63) is 56.5 Å². The third kappa shape index (κ3) is 4.02. The van der Waals surface area contributed by atoms with Crippen LogP contribution in [0, 0.1) is 12.3 Å². The van der Waals surface area contributed by atoms with E-state index in [1.54, 1.807) is 45.9 Å². The summed E-state index contributed by atoms with van der Waals surface area (Å²) in [7, 11) is 0. The summed E-state index contributed by atoms with van der Waals surface area (Å²) in [4.78, 5) is 37.6. The Labute approximate surface area is 156 Å². The summed E-state index contributed by atoms with van der Waals surface area (Å²) in [5.74, 6) is -1.09. The van der Waals surface area contributed by atoms with E-state index in [-0.39, 0.29) is 23.6 Å². The molecule has 0 bridgehead atoms. The average molecular weight is 377 g/mol. The molecular weight excluding hydrogens is 356 g/mol. The number of Topliss-reactive ketones (excluding diaryl/α,β-unsaturated/α-hetero) is 1. The van der Waals surface area contributed by atoms with Crippen LogP contribution in [0.1, 0.15) is 54.1 Å². The summed E-state index contributed by atoms with van der Waals surface area (Å²) in [5.41, 5.74) is -0.445. The number of ketones is 1. The molecule has 0 saturated heterocycles. The maximum Gasteiger partial charge on any atom is 0.343 e. The van der Waals surface area contributed by atoms with Gasteiger partial charge in [0.1, 0.15) is 11.3 Å². The van der Waals surface area contributed by atoms with Crippen LogP contribution in [0.15, 0.2) is 29.1 Å². The van der Waals surface area contributed by atoms with Crippen molar-refractivity contribution >= 4 is 23.4 Å². The molecule has 0 aliphatic carbocycles. The standard InChI is InChI=1S/C19H21ClN2O4/c1-6-26-18(25)13-10-15(16(23)19(3,4)5)21-22(17(13)24)12-8-7-11(2)14(20)9-12/h7-10H,6H2,1-5H3. The molecule has 26 heavy (non-hydrogen) atoms. The normalized spacial score (nSPS) is 11.3. The van der Waals surface area contributed by atoms with Gasteiger partial charge in [0.05, 0.1) is 12.3 Å². The lowest BCUT2D eigenvalue weighted by Gasteiger charge is -2.17. The molecule has 0 fully saturated rings. The third-order valence-electron chi connectivity index (χ3n) is 3.72. The Balaban J connectivity index is 2.75. The Kier molecular flexibility index (Phi) is 5.66. The molecule has 2 aromatic rings. The topological polar surface area (TPSA) is 78.3 Å². The maximum atomic E-state index is 12.8. The highest BCUT2D eigenvalue weighted by Crippen LogP contribution is 2.21. The second kappa shape index (κ2) is 7.41. The Morgan fingerprint density at radius 2 is 1.88 bits per heavy atom. The summed E-state index contributed by atoms with van der Waals surface area (Å²) in [6.45, 7) is 8.78. The number of aromatic nitrogens is 2. The van der Waals surface area contributed by atoms with Gasteiger partial charge in [0.2, 0.25) is 0 Å². The highest BCUT2D eigenvalue weighted by Gasteiger charge is 2.28. The zero-order valence-electron chi connectivity index (χ0n) is 15.4. The molecule has 0 atom stereocenters. The Hall–Kier alpha value is -2.47. The number of esters is 1. The minimum Gasteiger partial charge on any atom is -0.462 e. The highest BCUT2D eigenvalue weighted by molar-refractivity contribution is 6.31. The van der Waals surface area contributed by atoms with E-state index in [1.165, 1.54) is 6.07 Å². The van der Waals surface area contributed by atoms with Gasteiger partial charge in [0.15, 0.2) is 5.78 Å². The van der Waals surface area contributed by atoms with E-state index in [2.05, 4.69) is 5.10 Å². The first-order chi connectivity index (χ1) is 12.1. The maximum absolute atomic E-state index is 12.8. The molecule has 138 valence electrons. The van der Waals surface area contributed by atoms with Gasteiger partial charge in [-0.05, 0) is 37.6 Å². The number of hydrogen-bond donors (Lipinski definition) is 0. The van der Waals surface area contributed by atoms with Crippen molar-refractivity contribution in [2.24, 2.45) is 5.41 Å². The van der Waals surface area contributed by atoms with Crippen LogP contribution in [0.25, 0.3) is 5.69 Å². The lowest BCUT2D eigenvalue weighted by Crippen LogP contribution is -2.32. The minimum absolute atomic E-state index is 0.0110. The van der Waals surface area contributed by atoms with Gasteiger partial charge in [-0.15, -0.1) is 0 Å². The zero-order valence-corrected chi connectivity index (χ0v) is 16.2. The van der Waals surface area contributed by atoms with Crippen LogP contribution in [-0.4, -0.2) is 28.1 Å². The van der Waals surface area contributed by atoms with E-state index in [9.17, 15) is 14.4 Å². The molecule has 0 unspecified atom stereocenters. The molecule has 0 N–H and O–H groups in total. The van der Waals surface area contributed by atoms with Gasteiger partial charge in [0, 0.05) is 10.4 Å². The number of ether oxygens (including phenoxy) is 1. The number of hydrogen-bond acceptors (Lipinski definition) is 5. The molecule has 0 aliphatic heterocycles. The summed E-state index contributed by atoms with van der Waals surface area (Å²) in [6.07, 6.45) is 0. The smallest absolute Gasteiger partial charge is 0.343 e. The van der Waals surface area contributed by atoms with Gasteiger partial charge in [-0.1, -0.05) is 38.4 Å². The summed E-state index contributed by atoms with van der Waals surface area (Å²) < 4.78 is 5.96. The van der Waals surface area contributed by atoms with Crippen LogP contribution >= 0.6 is 11.6 Å². The molecule has 0 saturated carbocycles. The molecule has 0 spiro atoms. The molecular formula is C19H21ClN2O4. The average Bonchev–Trinajstić information content (AvgIpc) is 2.56. The van der Waals surface area contributed by atoms with Gasteiger partial charge < -0.3 is 4.74 Å². The van der Waals surface area contributed by atoms with E-state index in [0.717, 1.165) is 10.2 Å². The van der Waals surface area contributed by atoms with E-state index in [4.69, 9.17) is 16.3 Å². The number of nitrogens with zero attached hydrogens (tertiary/aromatic N) is 2. The molecule has 7 heteroatoms. The summed E-state index contributed by atoms with van der Waals surface area (Å²) >= 11 is 6.14.